The van der Waals surface area contributed by atoms with Gasteiger partial charge in [0.15, 0.2) is 5.65 Å². The van der Waals surface area contributed by atoms with Gasteiger partial charge in [0.2, 0.25) is 0 Å². The van der Waals surface area contributed by atoms with Crippen molar-refractivity contribution in [3.8, 4) is 0 Å². The first-order valence-electron chi connectivity index (χ1n) is 6.01. The second-order valence-electron chi connectivity index (χ2n) is 5.31. The van der Waals surface area contributed by atoms with Crippen LogP contribution in [0.1, 0.15) is 32.2 Å². The molecule has 0 saturated heterocycles. The third-order valence-corrected chi connectivity index (χ3v) is 2.68. The number of nitrogens with two attached hydrogens (primary N) is 1. The summed E-state index contributed by atoms with van der Waals surface area (Å²) in [5, 5.41) is 0. The fourth-order valence-corrected chi connectivity index (χ4v) is 2.00. The van der Waals surface area contributed by atoms with Crippen LogP contribution in [0.25, 0.3) is 11.2 Å². The highest BCUT2D eigenvalue weighted by Gasteiger charge is 2.17. The van der Waals surface area contributed by atoms with Crippen LogP contribution in [0.3, 0.4) is 0 Å². The molecule has 0 amide bonds. The van der Waals surface area contributed by atoms with Crippen LogP contribution in [0.5, 0.6) is 0 Å². The largest absolute Gasteiger partial charge is 0.324 e. The normalized spacial score (nSPS) is 12.3. The van der Waals surface area contributed by atoms with Crippen molar-refractivity contribution in [3.05, 3.63) is 23.7 Å². The predicted octanol–water partition coefficient (Wildman–Crippen LogP) is 2.04. The standard InChI is InChI=1S/C13H20N4/c1-5-11-16-10-6-9(2)7-15-12(10)17(11)8-13(3,4)14/h6-7H,5,8,14H2,1-4H3. The summed E-state index contributed by atoms with van der Waals surface area (Å²) in [5.74, 6) is 1.05. The number of hydrogen-bond donors (Lipinski definition) is 1. The Hall–Kier alpha value is -1.42. The molecule has 2 rings (SSSR count). The Kier molecular flexibility index (Phi) is 2.91. The van der Waals surface area contributed by atoms with Crippen molar-refractivity contribution in [2.75, 3.05) is 0 Å². The highest BCUT2D eigenvalue weighted by atomic mass is 15.1. The zero-order chi connectivity index (χ0) is 12.6. The van der Waals surface area contributed by atoms with E-state index in [0.29, 0.717) is 0 Å². The highest BCUT2D eigenvalue weighted by molar-refractivity contribution is 5.72. The van der Waals surface area contributed by atoms with Crippen LogP contribution in [0.15, 0.2) is 12.3 Å². The number of nitrogens with zero attached hydrogens (tertiary/aromatic N) is 3. The molecule has 2 heterocycles. The number of fused-ring (bicyclic) bond motifs is 1. The topological polar surface area (TPSA) is 56.7 Å². The van der Waals surface area contributed by atoms with Crippen LogP contribution in [-0.2, 0) is 13.0 Å². The van der Waals surface area contributed by atoms with E-state index in [-0.39, 0.29) is 5.54 Å². The maximum atomic E-state index is 6.09. The van der Waals surface area contributed by atoms with Gasteiger partial charge in [-0.3, -0.25) is 0 Å². The number of imidazole rings is 1. The first kappa shape index (κ1) is 12.0. The number of hydrogen-bond acceptors (Lipinski definition) is 3. The van der Waals surface area contributed by atoms with Gasteiger partial charge in [-0.1, -0.05) is 6.92 Å². The van der Waals surface area contributed by atoms with Crippen LogP contribution >= 0.6 is 0 Å². The molecule has 0 spiro atoms. The summed E-state index contributed by atoms with van der Waals surface area (Å²) >= 11 is 0. The lowest BCUT2D eigenvalue weighted by Gasteiger charge is -2.20. The van der Waals surface area contributed by atoms with Gasteiger partial charge in [0.05, 0.1) is 0 Å². The van der Waals surface area contributed by atoms with Crippen LogP contribution in [0.2, 0.25) is 0 Å². The van der Waals surface area contributed by atoms with Crippen molar-refractivity contribution < 1.29 is 0 Å². The fourth-order valence-electron chi connectivity index (χ4n) is 2.00. The molecule has 0 fully saturated rings. The van der Waals surface area contributed by atoms with E-state index in [0.717, 1.165) is 35.5 Å². The van der Waals surface area contributed by atoms with Crippen molar-refractivity contribution in [2.45, 2.75) is 46.2 Å². The lowest BCUT2D eigenvalue weighted by Crippen LogP contribution is -2.37. The molecule has 17 heavy (non-hydrogen) atoms. The Labute approximate surface area is 102 Å². The molecule has 0 aliphatic rings. The maximum Gasteiger partial charge on any atom is 0.160 e. The van der Waals surface area contributed by atoms with Crippen molar-refractivity contribution in [3.63, 3.8) is 0 Å². The van der Waals surface area contributed by atoms with E-state index in [2.05, 4.69) is 27.5 Å². The molecule has 0 aromatic carbocycles. The average molecular weight is 232 g/mol. The summed E-state index contributed by atoms with van der Waals surface area (Å²) in [6, 6.07) is 2.07. The Morgan fingerprint density at radius 2 is 2.12 bits per heavy atom. The van der Waals surface area contributed by atoms with Crippen LogP contribution in [0, 0.1) is 6.92 Å². The van der Waals surface area contributed by atoms with E-state index in [1.54, 1.807) is 0 Å². The molecule has 4 nitrogen and oxygen atoms in total. The summed E-state index contributed by atoms with van der Waals surface area (Å²) in [5.41, 5.74) is 8.87. The second kappa shape index (κ2) is 4.11. The monoisotopic (exact) mass is 232 g/mol. The molecule has 0 saturated carbocycles. The third-order valence-electron chi connectivity index (χ3n) is 2.68. The summed E-state index contributed by atoms with van der Waals surface area (Å²) in [6.45, 7) is 8.92. The Bertz CT molecular complexity index is 534. The molecular weight excluding hydrogens is 212 g/mol. The molecule has 92 valence electrons. The van der Waals surface area contributed by atoms with Gasteiger partial charge in [-0.15, -0.1) is 0 Å². The zero-order valence-electron chi connectivity index (χ0n) is 11.0. The Balaban J connectivity index is 2.58. The first-order valence-corrected chi connectivity index (χ1v) is 6.01. The van der Waals surface area contributed by atoms with E-state index in [9.17, 15) is 0 Å². The number of aryl methyl sites for hydroxylation is 2. The fraction of sp³-hybridized carbons (Fsp3) is 0.538. The van der Waals surface area contributed by atoms with Crippen molar-refractivity contribution in [1.82, 2.24) is 14.5 Å². The number of pyridine rings is 1. The van der Waals surface area contributed by atoms with Gasteiger partial charge < -0.3 is 10.3 Å². The Morgan fingerprint density at radius 3 is 2.71 bits per heavy atom. The molecule has 2 aromatic heterocycles. The summed E-state index contributed by atoms with van der Waals surface area (Å²) in [6.07, 6.45) is 2.77. The molecule has 2 N–H and O–H groups in total. The quantitative estimate of drug-likeness (QED) is 0.881. The molecule has 0 radical (unpaired) electrons. The van der Waals surface area contributed by atoms with Gasteiger partial charge in [-0.25, -0.2) is 9.97 Å². The third kappa shape index (κ3) is 2.47. The summed E-state index contributed by atoms with van der Waals surface area (Å²) < 4.78 is 2.13. The number of aromatic nitrogens is 3. The van der Waals surface area contributed by atoms with Gasteiger partial charge in [0.25, 0.3) is 0 Å². The minimum atomic E-state index is -0.260. The van der Waals surface area contributed by atoms with Gasteiger partial charge in [-0.05, 0) is 32.4 Å². The van der Waals surface area contributed by atoms with E-state index < -0.39 is 0 Å². The maximum absolute atomic E-state index is 6.09. The second-order valence-corrected chi connectivity index (χ2v) is 5.31. The van der Waals surface area contributed by atoms with Crippen molar-refractivity contribution >= 4 is 11.2 Å². The smallest absolute Gasteiger partial charge is 0.160 e. The molecule has 4 heteroatoms. The van der Waals surface area contributed by atoms with Gasteiger partial charge in [-0.2, -0.15) is 0 Å². The molecule has 0 bridgehead atoms. The highest BCUT2D eigenvalue weighted by Crippen LogP contribution is 2.18. The van der Waals surface area contributed by atoms with Crippen molar-refractivity contribution in [2.24, 2.45) is 5.73 Å². The molecule has 2 aromatic rings. The van der Waals surface area contributed by atoms with Gasteiger partial charge >= 0.3 is 0 Å². The molecular formula is C13H20N4. The first-order chi connectivity index (χ1) is 7.90. The minimum absolute atomic E-state index is 0.260. The minimum Gasteiger partial charge on any atom is -0.324 e. The van der Waals surface area contributed by atoms with Gasteiger partial charge in [0.1, 0.15) is 11.3 Å². The molecule has 0 unspecified atom stereocenters. The van der Waals surface area contributed by atoms with Crippen LogP contribution < -0.4 is 5.73 Å². The molecule has 0 atom stereocenters. The zero-order valence-corrected chi connectivity index (χ0v) is 11.0. The van der Waals surface area contributed by atoms with E-state index >= 15 is 0 Å². The predicted molar refractivity (Wildman–Crippen MR) is 69.9 cm³/mol. The lowest BCUT2D eigenvalue weighted by molar-refractivity contribution is 0.431. The van der Waals surface area contributed by atoms with E-state index in [1.165, 1.54) is 0 Å². The molecule has 0 aliphatic carbocycles. The van der Waals surface area contributed by atoms with Gasteiger partial charge in [0, 0.05) is 24.7 Å². The summed E-state index contributed by atoms with van der Waals surface area (Å²) in [7, 11) is 0. The SMILES string of the molecule is CCc1nc2cc(C)cnc2n1CC(C)(C)N. The average Bonchev–Trinajstić information content (AvgIpc) is 2.53. The van der Waals surface area contributed by atoms with E-state index in [4.69, 9.17) is 5.73 Å². The molecule has 0 aliphatic heterocycles. The lowest BCUT2D eigenvalue weighted by atomic mass is 10.1. The van der Waals surface area contributed by atoms with Crippen molar-refractivity contribution in [1.29, 1.82) is 0 Å². The van der Waals surface area contributed by atoms with E-state index in [1.807, 2.05) is 27.0 Å². The summed E-state index contributed by atoms with van der Waals surface area (Å²) in [4.78, 5) is 9.10. The van der Waals surface area contributed by atoms with Crippen LogP contribution in [0.4, 0.5) is 0 Å². The number of rotatable bonds is 3. The van der Waals surface area contributed by atoms with Crippen LogP contribution in [-0.4, -0.2) is 20.1 Å². The Morgan fingerprint density at radius 1 is 1.41 bits per heavy atom.